The minimum Gasteiger partial charge on any atom is -0.478 e. The molecule has 1 aromatic heterocycles. The molecule has 2 N–H and O–H groups in total. The standard InChI is InChI=1S/C17H19NO3S/c1-17(2,14-4-3-11-22-14)16(21)18-10-9-12-5-7-13(8-6-12)15(19)20/h3-8,11H,9-10H2,1-2H3,(H,18,21)(H,19,20). The molecule has 0 aliphatic carbocycles. The van der Waals surface area contributed by atoms with Gasteiger partial charge >= 0.3 is 5.97 Å². The van der Waals surface area contributed by atoms with E-state index in [0.29, 0.717) is 13.0 Å². The molecule has 0 bridgehead atoms. The van der Waals surface area contributed by atoms with Crippen molar-refractivity contribution in [3.05, 3.63) is 57.8 Å². The topological polar surface area (TPSA) is 66.4 Å². The summed E-state index contributed by atoms with van der Waals surface area (Å²) in [5, 5.41) is 13.8. The van der Waals surface area contributed by atoms with Gasteiger partial charge in [0.1, 0.15) is 0 Å². The van der Waals surface area contributed by atoms with Crippen LogP contribution in [0.1, 0.15) is 34.6 Å². The van der Waals surface area contributed by atoms with Crippen LogP contribution in [-0.2, 0) is 16.6 Å². The van der Waals surface area contributed by atoms with Crippen molar-refractivity contribution in [3.8, 4) is 0 Å². The molecule has 0 atom stereocenters. The maximum Gasteiger partial charge on any atom is 0.335 e. The number of rotatable bonds is 6. The maximum absolute atomic E-state index is 12.3. The first-order valence-electron chi connectivity index (χ1n) is 7.06. The molecule has 2 aromatic rings. The molecule has 0 spiro atoms. The monoisotopic (exact) mass is 317 g/mol. The second kappa shape index (κ2) is 6.75. The number of carbonyl (C=O) groups excluding carboxylic acids is 1. The average molecular weight is 317 g/mol. The first-order chi connectivity index (χ1) is 10.4. The Labute approximate surface area is 133 Å². The lowest BCUT2D eigenvalue weighted by atomic mass is 9.90. The lowest BCUT2D eigenvalue weighted by Gasteiger charge is -2.22. The van der Waals surface area contributed by atoms with Crippen LogP contribution >= 0.6 is 11.3 Å². The molecule has 116 valence electrons. The van der Waals surface area contributed by atoms with Crippen LogP contribution in [0.5, 0.6) is 0 Å². The molecule has 0 saturated heterocycles. The van der Waals surface area contributed by atoms with Gasteiger partial charge in [-0.2, -0.15) is 0 Å². The minimum absolute atomic E-state index is 0.00268. The van der Waals surface area contributed by atoms with Crippen molar-refractivity contribution in [1.29, 1.82) is 0 Å². The third-order valence-electron chi connectivity index (χ3n) is 3.60. The average Bonchev–Trinajstić information content (AvgIpc) is 3.02. The molecule has 1 heterocycles. The van der Waals surface area contributed by atoms with Gasteiger partial charge in [0.15, 0.2) is 0 Å². The summed E-state index contributed by atoms with van der Waals surface area (Å²) in [5.74, 6) is -0.936. The Kier molecular flexibility index (Phi) is 4.98. The molecule has 1 amide bonds. The van der Waals surface area contributed by atoms with E-state index in [2.05, 4.69) is 5.32 Å². The van der Waals surface area contributed by atoms with Gasteiger partial charge in [-0.1, -0.05) is 18.2 Å². The molecule has 22 heavy (non-hydrogen) atoms. The van der Waals surface area contributed by atoms with Gasteiger partial charge in [0, 0.05) is 11.4 Å². The number of thiophene rings is 1. The van der Waals surface area contributed by atoms with Gasteiger partial charge in [0.05, 0.1) is 11.0 Å². The number of carbonyl (C=O) groups is 2. The second-order valence-corrected chi connectivity index (χ2v) is 6.56. The summed E-state index contributed by atoms with van der Waals surface area (Å²) in [6, 6.07) is 10.6. The number of hydrogen-bond donors (Lipinski definition) is 2. The van der Waals surface area contributed by atoms with Crippen molar-refractivity contribution < 1.29 is 14.7 Å². The van der Waals surface area contributed by atoms with Crippen molar-refractivity contribution in [2.75, 3.05) is 6.54 Å². The van der Waals surface area contributed by atoms with Crippen molar-refractivity contribution in [3.63, 3.8) is 0 Å². The molecule has 0 radical (unpaired) electrons. The summed E-state index contributed by atoms with van der Waals surface area (Å²) in [6.45, 7) is 4.35. The normalized spacial score (nSPS) is 11.2. The summed E-state index contributed by atoms with van der Waals surface area (Å²) < 4.78 is 0. The summed E-state index contributed by atoms with van der Waals surface area (Å²) in [6.07, 6.45) is 0.673. The minimum atomic E-state index is -0.933. The Balaban J connectivity index is 1.88. The van der Waals surface area contributed by atoms with E-state index in [-0.39, 0.29) is 11.5 Å². The highest BCUT2D eigenvalue weighted by Crippen LogP contribution is 2.27. The van der Waals surface area contributed by atoms with E-state index in [1.54, 1.807) is 35.6 Å². The van der Waals surface area contributed by atoms with Gasteiger partial charge < -0.3 is 10.4 Å². The van der Waals surface area contributed by atoms with Crippen LogP contribution in [-0.4, -0.2) is 23.5 Å². The third-order valence-corrected chi connectivity index (χ3v) is 4.80. The van der Waals surface area contributed by atoms with Crippen LogP contribution in [0.25, 0.3) is 0 Å². The largest absolute Gasteiger partial charge is 0.478 e. The fourth-order valence-electron chi connectivity index (χ4n) is 2.10. The summed E-state index contributed by atoms with van der Waals surface area (Å²) >= 11 is 1.58. The zero-order chi connectivity index (χ0) is 16.2. The maximum atomic E-state index is 12.3. The highest BCUT2D eigenvalue weighted by Gasteiger charge is 2.30. The van der Waals surface area contributed by atoms with E-state index in [1.807, 2.05) is 31.4 Å². The molecular formula is C17H19NO3S. The van der Waals surface area contributed by atoms with Gasteiger partial charge in [0.2, 0.25) is 5.91 Å². The van der Waals surface area contributed by atoms with Crippen LogP contribution < -0.4 is 5.32 Å². The number of hydrogen-bond acceptors (Lipinski definition) is 3. The Morgan fingerprint density at radius 2 is 1.86 bits per heavy atom. The van der Waals surface area contributed by atoms with Gasteiger partial charge in [-0.3, -0.25) is 4.79 Å². The highest BCUT2D eigenvalue weighted by molar-refractivity contribution is 7.10. The Bertz CT molecular complexity index is 645. The van der Waals surface area contributed by atoms with E-state index < -0.39 is 11.4 Å². The van der Waals surface area contributed by atoms with Crippen molar-refractivity contribution in [1.82, 2.24) is 5.32 Å². The summed E-state index contributed by atoms with van der Waals surface area (Å²) in [4.78, 5) is 24.1. The van der Waals surface area contributed by atoms with Crippen molar-refractivity contribution in [2.24, 2.45) is 0 Å². The first-order valence-corrected chi connectivity index (χ1v) is 7.94. The van der Waals surface area contributed by atoms with Gasteiger partial charge in [-0.15, -0.1) is 11.3 Å². The smallest absolute Gasteiger partial charge is 0.335 e. The van der Waals surface area contributed by atoms with Gasteiger partial charge in [0.25, 0.3) is 0 Å². The van der Waals surface area contributed by atoms with Crippen molar-refractivity contribution >= 4 is 23.2 Å². The molecule has 0 aliphatic heterocycles. The lowest BCUT2D eigenvalue weighted by molar-refractivity contribution is -0.125. The SMILES string of the molecule is CC(C)(C(=O)NCCc1ccc(C(=O)O)cc1)c1cccs1. The van der Waals surface area contributed by atoms with E-state index in [0.717, 1.165) is 10.4 Å². The van der Waals surface area contributed by atoms with Crippen LogP contribution in [0.4, 0.5) is 0 Å². The Hall–Kier alpha value is -2.14. The number of benzene rings is 1. The number of aromatic carboxylic acids is 1. The van der Waals surface area contributed by atoms with E-state index in [9.17, 15) is 9.59 Å². The van der Waals surface area contributed by atoms with Crippen molar-refractivity contribution in [2.45, 2.75) is 25.7 Å². The first kappa shape index (κ1) is 16.2. The predicted molar refractivity (Wildman–Crippen MR) is 87.5 cm³/mol. The molecule has 0 saturated carbocycles. The molecular weight excluding hydrogens is 298 g/mol. The van der Waals surface area contributed by atoms with Gasteiger partial charge in [-0.05, 0) is 49.4 Å². The predicted octanol–water partition coefficient (Wildman–Crippen LogP) is 3.08. The lowest BCUT2D eigenvalue weighted by Crippen LogP contribution is -2.40. The zero-order valence-corrected chi connectivity index (χ0v) is 13.4. The molecule has 0 aliphatic rings. The summed E-state index contributed by atoms with van der Waals surface area (Å²) in [7, 11) is 0. The molecule has 0 unspecified atom stereocenters. The molecule has 2 rings (SSSR count). The van der Waals surface area contributed by atoms with E-state index >= 15 is 0 Å². The van der Waals surface area contributed by atoms with Crippen LogP contribution in [0.15, 0.2) is 41.8 Å². The Morgan fingerprint density at radius 3 is 2.41 bits per heavy atom. The molecule has 1 aromatic carbocycles. The van der Waals surface area contributed by atoms with Crippen LogP contribution in [0, 0.1) is 0 Å². The fourth-order valence-corrected chi connectivity index (χ4v) is 2.95. The van der Waals surface area contributed by atoms with E-state index in [4.69, 9.17) is 5.11 Å². The summed E-state index contributed by atoms with van der Waals surface area (Å²) in [5.41, 5.74) is 0.729. The number of nitrogens with one attached hydrogen (secondary N) is 1. The molecule has 0 fully saturated rings. The van der Waals surface area contributed by atoms with Crippen LogP contribution in [0.2, 0.25) is 0 Å². The fraction of sp³-hybridized carbons (Fsp3) is 0.294. The quantitative estimate of drug-likeness (QED) is 0.860. The Morgan fingerprint density at radius 1 is 1.18 bits per heavy atom. The van der Waals surface area contributed by atoms with Gasteiger partial charge in [-0.25, -0.2) is 4.79 Å². The zero-order valence-electron chi connectivity index (χ0n) is 12.6. The number of amides is 1. The third kappa shape index (κ3) is 3.74. The molecule has 5 heteroatoms. The molecule has 4 nitrogen and oxygen atoms in total. The van der Waals surface area contributed by atoms with Crippen LogP contribution in [0.3, 0.4) is 0 Å². The number of carboxylic acids is 1. The number of carboxylic acid groups (broad SMARTS) is 1. The highest BCUT2D eigenvalue weighted by atomic mass is 32.1. The second-order valence-electron chi connectivity index (χ2n) is 5.61. The van der Waals surface area contributed by atoms with E-state index in [1.165, 1.54) is 0 Å².